The van der Waals surface area contributed by atoms with Gasteiger partial charge in [0, 0.05) is 6.54 Å². The Kier molecular flexibility index (Phi) is 8.92. The Hall–Kier alpha value is -0.570. The average molecular weight is 282 g/mol. The molecule has 1 rings (SSSR count). The van der Waals surface area contributed by atoms with Crippen molar-refractivity contribution in [2.75, 3.05) is 19.6 Å². The van der Waals surface area contributed by atoms with E-state index in [1.165, 1.54) is 32.1 Å². The van der Waals surface area contributed by atoms with Gasteiger partial charge in [-0.05, 0) is 38.8 Å². The Balaban J connectivity index is 2.21. The molecule has 0 saturated carbocycles. The van der Waals surface area contributed by atoms with Crippen molar-refractivity contribution < 1.29 is 4.79 Å². The number of amides is 1. The van der Waals surface area contributed by atoms with Gasteiger partial charge in [-0.25, -0.2) is 0 Å². The van der Waals surface area contributed by atoms with E-state index in [-0.39, 0.29) is 5.41 Å². The van der Waals surface area contributed by atoms with Gasteiger partial charge >= 0.3 is 0 Å². The Labute approximate surface area is 125 Å². The lowest BCUT2D eigenvalue weighted by atomic mass is 9.74. The highest BCUT2D eigenvalue weighted by atomic mass is 16.2. The fourth-order valence-corrected chi connectivity index (χ4v) is 3.27. The first-order valence-electron chi connectivity index (χ1n) is 8.74. The molecule has 1 saturated heterocycles. The number of piperidine rings is 1. The van der Waals surface area contributed by atoms with Crippen LogP contribution in [-0.4, -0.2) is 25.5 Å². The zero-order valence-corrected chi connectivity index (χ0v) is 13.6. The summed E-state index contributed by atoms with van der Waals surface area (Å²) in [5, 5.41) is 6.57. The van der Waals surface area contributed by atoms with Gasteiger partial charge in [0.25, 0.3) is 0 Å². The summed E-state index contributed by atoms with van der Waals surface area (Å²) in [6, 6.07) is 0. The quantitative estimate of drug-likeness (QED) is 0.601. The van der Waals surface area contributed by atoms with Crippen LogP contribution in [0.4, 0.5) is 0 Å². The van der Waals surface area contributed by atoms with Crippen LogP contribution in [0, 0.1) is 5.41 Å². The zero-order valence-electron chi connectivity index (χ0n) is 13.6. The fraction of sp³-hybridized carbons (Fsp3) is 0.941. The van der Waals surface area contributed by atoms with E-state index in [4.69, 9.17) is 0 Å². The maximum absolute atomic E-state index is 12.5. The smallest absolute Gasteiger partial charge is 0.226 e. The molecule has 118 valence electrons. The van der Waals surface area contributed by atoms with Crippen LogP contribution in [0.15, 0.2) is 0 Å². The minimum atomic E-state index is -0.0811. The van der Waals surface area contributed by atoms with Crippen LogP contribution >= 0.6 is 0 Å². The van der Waals surface area contributed by atoms with Crippen LogP contribution in [0.2, 0.25) is 0 Å². The number of nitrogens with one attached hydrogen (secondary N) is 2. The molecule has 0 spiro atoms. The standard InChI is InChI=1S/C17H34N2O/c1-3-5-6-7-8-9-13-19-16(20)17(10-4-2)11-14-18-15-12-17/h18H,3-15H2,1-2H3,(H,19,20). The van der Waals surface area contributed by atoms with Crippen LogP contribution in [0.3, 0.4) is 0 Å². The van der Waals surface area contributed by atoms with Crippen molar-refractivity contribution in [2.45, 2.75) is 78.1 Å². The summed E-state index contributed by atoms with van der Waals surface area (Å²) in [4.78, 5) is 12.5. The minimum Gasteiger partial charge on any atom is -0.356 e. The largest absolute Gasteiger partial charge is 0.356 e. The second-order valence-corrected chi connectivity index (χ2v) is 6.30. The van der Waals surface area contributed by atoms with E-state index in [9.17, 15) is 4.79 Å². The Morgan fingerprint density at radius 2 is 1.65 bits per heavy atom. The number of hydrogen-bond acceptors (Lipinski definition) is 2. The third-order valence-electron chi connectivity index (χ3n) is 4.59. The van der Waals surface area contributed by atoms with Crippen molar-refractivity contribution in [1.29, 1.82) is 0 Å². The molecule has 1 fully saturated rings. The summed E-state index contributed by atoms with van der Waals surface area (Å²) in [5.41, 5.74) is -0.0811. The molecular formula is C17H34N2O. The summed E-state index contributed by atoms with van der Waals surface area (Å²) in [7, 11) is 0. The van der Waals surface area contributed by atoms with Crippen molar-refractivity contribution in [3.05, 3.63) is 0 Å². The van der Waals surface area contributed by atoms with Gasteiger partial charge in [-0.2, -0.15) is 0 Å². The number of rotatable bonds is 10. The lowest BCUT2D eigenvalue weighted by Gasteiger charge is -2.36. The Morgan fingerprint density at radius 1 is 1.00 bits per heavy atom. The van der Waals surface area contributed by atoms with Gasteiger partial charge in [-0.15, -0.1) is 0 Å². The average Bonchev–Trinajstić information content (AvgIpc) is 2.47. The van der Waals surface area contributed by atoms with Gasteiger partial charge in [-0.1, -0.05) is 52.4 Å². The highest BCUT2D eigenvalue weighted by Crippen LogP contribution is 2.34. The van der Waals surface area contributed by atoms with Gasteiger partial charge in [0.05, 0.1) is 5.41 Å². The fourth-order valence-electron chi connectivity index (χ4n) is 3.27. The minimum absolute atomic E-state index is 0.0811. The van der Waals surface area contributed by atoms with E-state index in [0.717, 1.165) is 51.7 Å². The highest BCUT2D eigenvalue weighted by Gasteiger charge is 2.38. The molecule has 0 aliphatic carbocycles. The number of unbranched alkanes of at least 4 members (excludes halogenated alkanes) is 5. The monoisotopic (exact) mass is 282 g/mol. The maximum atomic E-state index is 12.5. The third-order valence-corrected chi connectivity index (χ3v) is 4.59. The molecule has 0 aromatic carbocycles. The molecule has 3 heteroatoms. The van der Waals surface area contributed by atoms with Crippen LogP contribution in [0.5, 0.6) is 0 Å². The van der Waals surface area contributed by atoms with Crippen molar-refractivity contribution in [1.82, 2.24) is 10.6 Å². The summed E-state index contributed by atoms with van der Waals surface area (Å²) >= 11 is 0. The predicted molar refractivity (Wildman–Crippen MR) is 85.8 cm³/mol. The third kappa shape index (κ3) is 5.82. The van der Waals surface area contributed by atoms with Crippen molar-refractivity contribution >= 4 is 5.91 Å². The number of hydrogen-bond donors (Lipinski definition) is 2. The lowest BCUT2D eigenvalue weighted by molar-refractivity contribution is -0.133. The van der Waals surface area contributed by atoms with Crippen LogP contribution in [-0.2, 0) is 4.79 Å². The van der Waals surface area contributed by atoms with Crippen LogP contribution < -0.4 is 10.6 Å². The molecule has 1 aliphatic rings. The van der Waals surface area contributed by atoms with Crippen LogP contribution in [0.25, 0.3) is 0 Å². The van der Waals surface area contributed by atoms with Gasteiger partial charge < -0.3 is 10.6 Å². The number of carbonyl (C=O) groups excluding carboxylic acids is 1. The van der Waals surface area contributed by atoms with E-state index in [1.54, 1.807) is 0 Å². The molecule has 0 aromatic heterocycles. The molecule has 1 amide bonds. The number of carbonyl (C=O) groups is 1. The van der Waals surface area contributed by atoms with E-state index in [1.807, 2.05) is 0 Å². The summed E-state index contributed by atoms with van der Waals surface area (Å²) in [5.74, 6) is 0.314. The second kappa shape index (κ2) is 10.2. The van der Waals surface area contributed by atoms with Crippen molar-refractivity contribution in [3.8, 4) is 0 Å². The van der Waals surface area contributed by atoms with Gasteiger partial charge in [-0.3, -0.25) is 4.79 Å². The molecule has 0 bridgehead atoms. The lowest BCUT2D eigenvalue weighted by Crippen LogP contribution is -2.47. The molecule has 0 aromatic rings. The Morgan fingerprint density at radius 3 is 2.30 bits per heavy atom. The van der Waals surface area contributed by atoms with Crippen molar-refractivity contribution in [3.63, 3.8) is 0 Å². The molecule has 0 atom stereocenters. The molecule has 0 radical (unpaired) electrons. The summed E-state index contributed by atoms with van der Waals surface area (Å²) in [6.07, 6.45) is 11.8. The molecule has 3 nitrogen and oxygen atoms in total. The van der Waals surface area contributed by atoms with Crippen molar-refractivity contribution in [2.24, 2.45) is 5.41 Å². The molecular weight excluding hydrogens is 248 g/mol. The molecule has 2 N–H and O–H groups in total. The van der Waals surface area contributed by atoms with E-state index in [2.05, 4.69) is 24.5 Å². The summed E-state index contributed by atoms with van der Waals surface area (Å²) in [6.45, 7) is 7.27. The molecule has 20 heavy (non-hydrogen) atoms. The van der Waals surface area contributed by atoms with Gasteiger partial charge in [0.15, 0.2) is 0 Å². The van der Waals surface area contributed by atoms with E-state index < -0.39 is 0 Å². The zero-order chi connectivity index (χ0) is 14.7. The maximum Gasteiger partial charge on any atom is 0.226 e. The first kappa shape index (κ1) is 17.5. The topological polar surface area (TPSA) is 41.1 Å². The van der Waals surface area contributed by atoms with Crippen LogP contribution in [0.1, 0.15) is 78.1 Å². The molecule has 0 unspecified atom stereocenters. The SMILES string of the molecule is CCCCCCCCNC(=O)C1(CCC)CCNCC1. The second-order valence-electron chi connectivity index (χ2n) is 6.30. The van der Waals surface area contributed by atoms with Gasteiger partial charge in [0.2, 0.25) is 5.91 Å². The highest BCUT2D eigenvalue weighted by molar-refractivity contribution is 5.82. The van der Waals surface area contributed by atoms with E-state index >= 15 is 0 Å². The van der Waals surface area contributed by atoms with Gasteiger partial charge in [0.1, 0.15) is 0 Å². The first-order valence-corrected chi connectivity index (χ1v) is 8.74. The molecule has 1 aliphatic heterocycles. The Bertz CT molecular complexity index is 254. The first-order chi connectivity index (χ1) is 9.75. The normalized spacial score (nSPS) is 17.9. The summed E-state index contributed by atoms with van der Waals surface area (Å²) < 4.78 is 0. The van der Waals surface area contributed by atoms with E-state index in [0.29, 0.717) is 5.91 Å². The molecule has 1 heterocycles. The predicted octanol–water partition coefficient (Wildman–Crippen LogP) is 3.63.